The van der Waals surface area contributed by atoms with Gasteiger partial charge in [-0.1, -0.05) is 19.1 Å². The Morgan fingerprint density at radius 1 is 1.33 bits per heavy atom. The van der Waals surface area contributed by atoms with Gasteiger partial charge in [0.1, 0.15) is 0 Å². The third-order valence-corrected chi connectivity index (χ3v) is 3.57. The van der Waals surface area contributed by atoms with Gasteiger partial charge in [0.25, 0.3) is 5.69 Å². The van der Waals surface area contributed by atoms with Gasteiger partial charge in [-0.15, -0.1) is 0 Å². The van der Waals surface area contributed by atoms with Crippen LogP contribution in [0.3, 0.4) is 0 Å². The second-order valence-corrected chi connectivity index (χ2v) is 5.05. The maximum absolute atomic E-state index is 10.9. The van der Waals surface area contributed by atoms with Crippen molar-refractivity contribution in [1.82, 2.24) is 15.1 Å². The maximum Gasteiger partial charge on any atom is 0.272 e. The molecule has 0 aliphatic heterocycles. The van der Waals surface area contributed by atoms with E-state index in [2.05, 4.69) is 17.3 Å². The van der Waals surface area contributed by atoms with Gasteiger partial charge in [0.15, 0.2) is 0 Å². The lowest BCUT2D eigenvalue weighted by Crippen LogP contribution is -2.14. The minimum Gasteiger partial charge on any atom is -0.308 e. The van der Waals surface area contributed by atoms with Gasteiger partial charge in [0.2, 0.25) is 0 Å². The zero-order valence-corrected chi connectivity index (χ0v) is 12.6. The van der Waals surface area contributed by atoms with E-state index in [4.69, 9.17) is 0 Å². The van der Waals surface area contributed by atoms with Crippen LogP contribution in [0.15, 0.2) is 24.4 Å². The number of benzene rings is 1. The Morgan fingerprint density at radius 3 is 2.71 bits per heavy atom. The van der Waals surface area contributed by atoms with E-state index in [1.807, 2.05) is 24.0 Å². The minimum absolute atomic E-state index is 0.171. The number of rotatable bonds is 6. The molecule has 0 spiro atoms. The zero-order chi connectivity index (χ0) is 15.4. The van der Waals surface area contributed by atoms with Crippen molar-refractivity contribution >= 4 is 5.69 Å². The van der Waals surface area contributed by atoms with Crippen molar-refractivity contribution in [2.45, 2.75) is 33.4 Å². The first-order chi connectivity index (χ1) is 10.0. The lowest BCUT2D eigenvalue weighted by atomic mass is 10.1. The van der Waals surface area contributed by atoms with E-state index in [0.717, 1.165) is 23.2 Å². The molecular formula is C15H20N4O2. The van der Waals surface area contributed by atoms with Crippen LogP contribution in [0.1, 0.15) is 29.3 Å². The van der Waals surface area contributed by atoms with E-state index in [1.54, 1.807) is 13.0 Å². The molecule has 1 aromatic carbocycles. The molecule has 0 saturated heterocycles. The molecule has 6 nitrogen and oxygen atoms in total. The molecule has 112 valence electrons. The zero-order valence-electron chi connectivity index (χ0n) is 12.6. The van der Waals surface area contributed by atoms with Gasteiger partial charge in [-0.05, 0) is 18.9 Å². The molecule has 1 N–H and O–H groups in total. The SMILES string of the molecule is CCc1nn(C)cc1CNCc1cccc([N+](=O)[O-])c1C. The summed E-state index contributed by atoms with van der Waals surface area (Å²) in [5.74, 6) is 0. The summed E-state index contributed by atoms with van der Waals surface area (Å²) >= 11 is 0. The number of aromatic nitrogens is 2. The molecule has 2 rings (SSSR count). The number of nitrogens with zero attached hydrogens (tertiary/aromatic N) is 3. The van der Waals surface area contributed by atoms with Crippen LogP contribution in [0.2, 0.25) is 0 Å². The summed E-state index contributed by atoms with van der Waals surface area (Å²) < 4.78 is 1.81. The maximum atomic E-state index is 10.9. The van der Waals surface area contributed by atoms with Gasteiger partial charge in [0.05, 0.1) is 10.6 Å². The van der Waals surface area contributed by atoms with Crippen LogP contribution in [0.4, 0.5) is 5.69 Å². The van der Waals surface area contributed by atoms with E-state index in [-0.39, 0.29) is 10.6 Å². The predicted molar refractivity (Wildman–Crippen MR) is 81.0 cm³/mol. The topological polar surface area (TPSA) is 73.0 Å². The fraction of sp³-hybridized carbons (Fsp3) is 0.400. The summed E-state index contributed by atoms with van der Waals surface area (Å²) in [6.07, 6.45) is 2.90. The molecule has 0 unspecified atom stereocenters. The molecule has 0 saturated carbocycles. The average Bonchev–Trinajstić information content (AvgIpc) is 2.80. The lowest BCUT2D eigenvalue weighted by molar-refractivity contribution is -0.385. The highest BCUT2D eigenvalue weighted by Crippen LogP contribution is 2.21. The first-order valence-electron chi connectivity index (χ1n) is 6.98. The summed E-state index contributed by atoms with van der Waals surface area (Å²) in [4.78, 5) is 10.6. The minimum atomic E-state index is -0.338. The number of nitro groups is 1. The second kappa shape index (κ2) is 6.49. The van der Waals surface area contributed by atoms with Crippen LogP contribution < -0.4 is 5.32 Å². The van der Waals surface area contributed by atoms with E-state index in [1.165, 1.54) is 11.6 Å². The van der Waals surface area contributed by atoms with Crippen molar-refractivity contribution in [2.75, 3.05) is 0 Å². The first kappa shape index (κ1) is 15.2. The second-order valence-electron chi connectivity index (χ2n) is 5.05. The van der Waals surface area contributed by atoms with Crippen LogP contribution >= 0.6 is 0 Å². The predicted octanol–water partition coefficient (Wildman–Crippen LogP) is 2.49. The smallest absolute Gasteiger partial charge is 0.272 e. The van der Waals surface area contributed by atoms with Crippen LogP contribution in [0.5, 0.6) is 0 Å². The fourth-order valence-corrected chi connectivity index (χ4v) is 2.42. The van der Waals surface area contributed by atoms with Crippen LogP contribution in [-0.2, 0) is 26.6 Å². The molecule has 0 atom stereocenters. The number of aryl methyl sites for hydroxylation is 2. The molecule has 21 heavy (non-hydrogen) atoms. The molecule has 0 aliphatic carbocycles. The Kier molecular flexibility index (Phi) is 4.70. The number of nitro benzene ring substituents is 1. The van der Waals surface area contributed by atoms with Crippen LogP contribution in [0.25, 0.3) is 0 Å². The van der Waals surface area contributed by atoms with Crippen LogP contribution in [-0.4, -0.2) is 14.7 Å². The molecule has 0 aliphatic rings. The monoisotopic (exact) mass is 288 g/mol. The quantitative estimate of drug-likeness (QED) is 0.654. The molecule has 1 aromatic heterocycles. The van der Waals surface area contributed by atoms with Gasteiger partial charge < -0.3 is 5.32 Å². The van der Waals surface area contributed by atoms with Gasteiger partial charge in [0, 0.05) is 43.5 Å². The number of nitrogens with one attached hydrogen (secondary N) is 1. The van der Waals surface area contributed by atoms with E-state index < -0.39 is 0 Å². The van der Waals surface area contributed by atoms with Gasteiger partial charge >= 0.3 is 0 Å². The highest BCUT2D eigenvalue weighted by atomic mass is 16.6. The molecular weight excluding hydrogens is 268 g/mol. The molecule has 2 aromatic rings. The van der Waals surface area contributed by atoms with Crippen LogP contribution in [0, 0.1) is 17.0 Å². The summed E-state index contributed by atoms with van der Waals surface area (Å²) in [5, 5.41) is 18.7. The van der Waals surface area contributed by atoms with Crippen molar-refractivity contribution in [1.29, 1.82) is 0 Å². The summed E-state index contributed by atoms with van der Waals surface area (Å²) in [6.45, 7) is 5.18. The van der Waals surface area contributed by atoms with Gasteiger partial charge in [-0.25, -0.2) is 0 Å². The highest BCUT2D eigenvalue weighted by molar-refractivity contribution is 5.44. The Balaban J connectivity index is 2.04. The molecule has 0 radical (unpaired) electrons. The van der Waals surface area contributed by atoms with Crippen molar-refractivity contribution in [3.63, 3.8) is 0 Å². The van der Waals surface area contributed by atoms with Gasteiger partial charge in [-0.2, -0.15) is 5.10 Å². The molecule has 0 amide bonds. The highest BCUT2D eigenvalue weighted by Gasteiger charge is 2.13. The Morgan fingerprint density at radius 2 is 2.05 bits per heavy atom. The van der Waals surface area contributed by atoms with Crippen molar-refractivity contribution in [3.8, 4) is 0 Å². The fourth-order valence-electron chi connectivity index (χ4n) is 2.42. The standard InChI is InChI=1S/C15H20N4O2/c1-4-14-13(10-18(3)17-14)9-16-8-12-6-5-7-15(11(12)2)19(20)21/h5-7,10,16H,4,8-9H2,1-3H3. The first-order valence-corrected chi connectivity index (χ1v) is 6.98. The number of hydrogen-bond donors (Lipinski definition) is 1. The Hall–Kier alpha value is -2.21. The van der Waals surface area contributed by atoms with Crippen molar-refractivity contribution < 1.29 is 4.92 Å². The van der Waals surface area contributed by atoms with Gasteiger partial charge in [-0.3, -0.25) is 14.8 Å². The summed E-state index contributed by atoms with van der Waals surface area (Å²) in [6, 6.07) is 5.18. The third kappa shape index (κ3) is 3.46. The third-order valence-electron chi connectivity index (χ3n) is 3.57. The van der Waals surface area contributed by atoms with E-state index >= 15 is 0 Å². The average molecular weight is 288 g/mol. The molecule has 6 heteroatoms. The lowest BCUT2D eigenvalue weighted by Gasteiger charge is -2.08. The van der Waals surface area contributed by atoms with Crippen molar-refractivity contribution in [3.05, 3.63) is 56.9 Å². The summed E-state index contributed by atoms with van der Waals surface area (Å²) in [7, 11) is 1.91. The van der Waals surface area contributed by atoms with Crippen molar-refractivity contribution in [2.24, 2.45) is 7.05 Å². The molecule has 0 fully saturated rings. The normalized spacial score (nSPS) is 10.8. The van der Waals surface area contributed by atoms with E-state index in [0.29, 0.717) is 13.1 Å². The Bertz CT molecular complexity index is 649. The van der Waals surface area contributed by atoms with E-state index in [9.17, 15) is 10.1 Å². The molecule has 1 heterocycles. The number of hydrogen-bond acceptors (Lipinski definition) is 4. The summed E-state index contributed by atoms with van der Waals surface area (Å²) in [5.41, 5.74) is 4.09. The Labute approximate surface area is 123 Å². The largest absolute Gasteiger partial charge is 0.308 e. The molecule has 0 bridgehead atoms.